The number of rotatable bonds is 3. The average Bonchev–Trinajstić information content (AvgIpc) is 3.25. The number of pyridine rings is 1. The number of benzene rings is 2. The standard InChI is InChI=1S/C27H25BrFN3O/c1-4-20-14-23(27(33)31-12-11-18-7-5-6-8-21(18)17(31)3)16(2)26-15-25(30-32(20)26)22-10-9-19(28)13-24(22)29/h5-10,13-15,17H,4,11-12H2,1-3H3/t17-/m1/s1. The van der Waals surface area contributed by atoms with Crippen LogP contribution in [0.5, 0.6) is 0 Å². The van der Waals surface area contributed by atoms with Crippen LogP contribution in [0.2, 0.25) is 0 Å². The molecule has 33 heavy (non-hydrogen) atoms. The lowest BCUT2D eigenvalue weighted by molar-refractivity contribution is 0.0677. The van der Waals surface area contributed by atoms with E-state index in [-0.39, 0.29) is 17.8 Å². The molecule has 0 radical (unpaired) electrons. The van der Waals surface area contributed by atoms with Crippen molar-refractivity contribution in [3.8, 4) is 11.3 Å². The fraction of sp³-hybridized carbons (Fsp3) is 0.259. The number of carbonyl (C=O) groups excluding carboxylic acids is 1. The summed E-state index contributed by atoms with van der Waals surface area (Å²) in [6.45, 7) is 6.78. The summed E-state index contributed by atoms with van der Waals surface area (Å²) in [6.07, 6.45) is 1.56. The van der Waals surface area contributed by atoms with E-state index in [1.807, 2.05) is 41.5 Å². The van der Waals surface area contributed by atoms with E-state index in [0.717, 1.165) is 23.2 Å². The molecule has 1 amide bonds. The summed E-state index contributed by atoms with van der Waals surface area (Å²) in [5.74, 6) is -0.301. The number of nitrogens with zero attached hydrogens (tertiary/aromatic N) is 3. The number of hydrogen-bond acceptors (Lipinski definition) is 2. The Bertz CT molecular complexity index is 1390. The van der Waals surface area contributed by atoms with Crippen LogP contribution in [0.25, 0.3) is 16.8 Å². The van der Waals surface area contributed by atoms with Crippen LogP contribution < -0.4 is 0 Å². The summed E-state index contributed by atoms with van der Waals surface area (Å²) in [6, 6.07) is 17.2. The molecule has 3 heterocycles. The molecule has 0 aliphatic carbocycles. The van der Waals surface area contributed by atoms with Gasteiger partial charge in [0.15, 0.2) is 0 Å². The molecule has 0 N–H and O–H groups in total. The summed E-state index contributed by atoms with van der Waals surface area (Å²) in [4.78, 5) is 15.7. The van der Waals surface area contributed by atoms with Gasteiger partial charge >= 0.3 is 0 Å². The van der Waals surface area contributed by atoms with Gasteiger partial charge in [0.25, 0.3) is 5.91 Å². The molecule has 4 aromatic rings. The Balaban J connectivity index is 1.59. The number of aromatic nitrogens is 2. The third-order valence-electron chi connectivity index (χ3n) is 6.74. The molecule has 0 saturated heterocycles. The van der Waals surface area contributed by atoms with E-state index in [0.29, 0.717) is 34.3 Å². The van der Waals surface area contributed by atoms with Gasteiger partial charge in [0.2, 0.25) is 0 Å². The zero-order valence-corrected chi connectivity index (χ0v) is 20.5. The summed E-state index contributed by atoms with van der Waals surface area (Å²) >= 11 is 3.31. The molecule has 0 spiro atoms. The number of hydrogen-bond donors (Lipinski definition) is 0. The maximum Gasteiger partial charge on any atom is 0.254 e. The Labute approximate surface area is 201 Å². The van der Waals surface area contributed by atoms with Crippen molar-refractivity contribution in [2.45, 2.75) is 39.7 Å². The molecule has 1 aliphatic rings. The van der Waals surface area contributed by atoms with Gasteiger partial charge in [-0.15, -0.1) is 0 Å². The average molecular weight is 506 g/mol. The molecule has 6 heteroatoms. The van der Waals surface area contributed by atoms with Crippen molar-refractivity contribution >= 4 is 27.4 Å². The van der Waals surface area contributed by atoms with Gasteiger partial charge in [-0.3, -0.25) is 4.79 Å². The molecule has 0 fully saturated rings. The van der Waals surface area contributed by atoms with Crippen LogP contribution in [0, 0.1) is 12.7 Å². The fourth-order valence-electron chi connectivity index (χ4n) is 4.85. The minimum atomic E-state index is -0.333. The highest BCUT2D eigenvalue weighted by Crippen LogP contribution is 2.33. The van der Waals surface area contributed by atoms with Crippen molar-refractivity contribution in [2.24, 2.45) is 0 Å². The number of fused-ring (bicyclic) bond motifs is 2. The zero-order chi connectivity index (χ0) is 23.3. The highest BCUT2D eigenvalue weighted by Gasteiger charge is 2.30. The molecule has 0 unspecified atom stereocenters. The monoisotopic (exact) mass is 505 g/mol. The normalized spacial score (nSPS) is 15.7. The van der Waals surface area contributed by atoms with Crippen LogP contribution in [0.1, 0.15) is 52.6 Å². The Kier molecular flexibility index (Phi) is 5.57. The summed E-state index contributed by atoms with van der Waals surface area (Å²) in [5, 5.41) is 4.70. The van der Waals surface area contributed by atoms with Crippen LogP contribution in [-0.2, 0) is 12.8 Å². The molecule has 2 aromatic heterocycles. The van der Waals surface area contributed by atoms with E-state index in [9.17, 15) is 9.18 Å². The van der Waals surface area contributed by atoms with Gasteiger partial charge in [0.05, 0.1) is 17.3 Å². The first-order chi connectivity index (χ1) is 15.9. The number of aryl methyl sites for hydroxylation is 2. The molecule has 0 saturated carbocycles. The second-order valence-corrected chi connectivity index (χ2v) is 9.52. The molecule has 1 aliphatic heterocycles. The van der Waals surface area contributed by atoms with E-state index >= 15 is 0 Å². The van der Waals surface area contributed by atoms with Gasteiger partial charge in [0, 0.05) is 27.8 Å². The maximum atomic E-state index is 14.6. The third-order valence-corrected chi connectivity index (χ3v) is 7.23. The lowest BCUT2D eigenvalue weighted by Crippen LogP contribution is -2.39. The van der Waals surface area contributed by atoms with E-state index in [1.54, 1.807) is 12.1 Å². The second-order valence-electron chi connectivity index (χ2n) is 8.60. The molecule has 0 bridgehead atoms. The predicted molar refractivity (Wildman–Crippen MR) is 132 cm³/mol. The number of carbonyl (C=O) groups is 1. The zero-order valence-electron chi connectivity index (χ0n) is 18.9. The molecule has 4 nitrogen and oxygen atoms in total. The molecule has 168 valence electrons. The smallest absolute Gasteiger partial charge is 0.254 e. The lowest BCUT2D eigenvalue weighted by atomic mass is 9.92. The van der Waals surface area contributed by atoms with Crippen LogP contribution in [0.15, 0.2) is 59.1 Å². The molecule has 5 rings (SSSR count). The highest BCUT2D eigenvalue weighted by molar-refractivity contribution is 9.10. The lowest BCUT2D eigenvalue weighted by Gasteiger charge is -2.35. The van der Waals surface area contributed by atoms with Crippen LogP contribution in [-0.4, -0.2) is 27.0 Å². The van der Waals surface area contributed by atoms with E-state index < -0.39 is 0 Å². The molecular formula is C27H25BrFN3O. The van der Waals surface area contributed by atoms with Crippen LogP contribution >= 0.6 is 15.9 Å². The fourth-order valence-corrected chi connectivity index (χ4v) is 5.18. The first-order valence-electron chi connectivity index (χ1n) is 11.3. The van der Waals surface area contributed by atoms with Gasteiger partial charge in [-0.05, 0) is 73.7 Å². The minimum absolute atomic E-state index is 0.0143. The Hall–Kier alpha value is -2.99. The SMILES string of the molecule is CCc1cc(C(=O)N2CCc3ccccc3[C@H]2C)c(C)c2cc(-c3ccc(Br)cc3F)nn12. The predicted octanol–water partition coefficient (Wildman–Crippen LogP) is 6.53. The van der Waals surface area contributed by atoms with Crippen molar-refractivity contribution in [3.05, 3.63) is 92.8 Å². The first-order valence-corrected chi connectivity index (χ1v) is 12.0. The van der Waals surface area contributed by atoms with E-state index in [1.165, 1.54) is 17.2 Å². The van der Waals surface area contributed by atoms with Crippen molar-refractivity contribution in [2.75, 3.05) is 6.54 Å². The van der Waals surface area contributed by atoms with Crippen molar-refractivity contribution in [1.29, 1.82) is 0 Å². The van der Waals surface area contributed by atoms with Gasteiger partial charge in [0.1, 0.15) is 5.82 Å². The van der Waals surface area contributed by atoms with Crippen LogP contribution in [0.3, 0.4) is 0 Å². The van der Waals surface area contributed by atoms with Crippen molar-refractivity contribution < 1.29 is 9.18 Å². The van der Waals surface area contributed by atoms with Crippen molar-refractivity contribution in [1.82, 2.24) is 14.5 Å². The van der Waals surface area contributed by atoms with E-state index in [4.69, 9.17) is 5.10 Å². The molecule has 1 atom stereocenters. The summed E-state index contributed by atoms with van der Waals surface area (Å²) < 4.78 is 17.2. The Morgan fingerprint density at radius 1 is 1.18 bits per heavy atom. The topological polar surface area (TPSA) is 37.6 Å². The van der Waals surface area contributed by atoms with Gasteiger partial charge in [-0.1, -0.05) is 47.1 Å². The Morgan fingerprint density at radius 3 is 2.73 bits per heavy atom. The molecular weight excluding hydrogens is 481 g/mol. The van der Waals surface area contributed by atoms with Crippen molar-refractivity contribution in [3.63, 3.8) is 0 Å². The highest BCUT2D eigenvalue weighted by atomic mass is 79.9. The summed E-state index contributed by atoms with van der Waals surface area (Å²) in [7, 11) is 0. The maximum absolute atomic E-state index is 14.6. The van der Waals surface area contributed by atoms with Gasteiger partial charge in [-0.25, -0.2) is 8.91 Å². The van der Waals surface area contributed by atoms with E-state index in [2.05, 4.69) is 41.1 Å². The quantitative estimate of drug-likeness (QED) is 0.317. The Morgan fingerprint density at radius 2 is 1.97 bits per heavy atom. The largest absolute Gasteiger partial charge is 0.332 e. The number of amides is 1. The van der Waals surface area contributed by atoms with Crippen LogP contribution in [0.4, 0.5) is 4.39 Å². The van der Waals surface area contributed by atoms with Gasteiger partial charge < -0.3 is 4.90 Å². The first kappa shape index (κ1) is 21.8. The second kappa shape index (κ2) is 8.41. The third kappa shape index (κ3) is 3.66. The minimum Gasteiger partial charge on any atom is -0.332 e. The molecule has 2 aromatic carbocycles. The number of halogens is 2. The summed E-state index contributed by atoms with van der Waals surface area (Å²) in [5.41, 5.74) is 6.83. The van der Waals surface area contributed by atoms with Gasteiger partial charge in [-0.2, -0.15) is 5.10 Å².